The monoisotopic (exact) mass is 343 g/mol. The van der Waals surface area contributed by atoms with Crippen LogP contribution in [0.15, 0.2) is 42.9 Å². The molecule has 1 saturated carbocycles. The van der Waals surface area contributed by atoms with E-state index in [0.717, 1.165) is 38.0 Å². The Bertz CT molecular complexity index is 695. The zero-order valence-corrected chi connectivity index (χ0v) is 14.4. The van der Waals surface area contributed by atoms with Gasteiger partial charge in [0.1, 0.15) is 5.15 Å². The van der Waals surface area contributed by atoms with Crippen molar-refractivity contribution >= 4 is 11.6 Å². The summed E-state index contributed by atoms with van der Waals surface area (Å²) >= 11 is 6.08. The highest BCUT2D eigenvalue weighted by atomic mass is 35.5. The summed E-state index contributed by atoms with van der Waals surface area (Å²) in [4.78, 5) is 10.7. The predicted octanol–water partition coefficient (Wildman–Crippen LogP) is 3.25. The van der Waals surface area contributed by atoms with Crippen LogP contribution >= 0.6 is 11.6 Å². The van der Waals surface area contributed by atoms with Crippen LogP contribution in [-0.2, 0) is 12.1 Å². The number of nitrogens with zero attached hydrogens (tertiary/aromatic N) is 3. The molecule has 2 aliphatic rings. The number of aliphatic hydroxyl groups is 1. The van der Waals surface area contributed by atoms with Crippen LogP contribution in [0.2, 0.25) is 5.15 Å². The summed E-state index contributed by atoms with van der Waals surface area (Å²) in [6.45, 7) is 2.71. The van der Waals surface area contributed by atoms with Crippen molar-refractivity contribution in [3.63, 3.8) is 0 Å². The minimum atomic E-state index is -0.781. The summed E-state index contributed by atoms with van der Waals surface area (Å²) in [6.07, 6.45) is 8.73. The van der Waals surface area contributed by atoms with E-state index in [1.165, 1.54) is 12.0 Å². The van der Waals surface area contributed by atoms with Gasteiger partial charge in [0.25, 0.3) is 0 Å². The van der Waals surface area contributed by atoms with Crippen molar-refractivity contribution in [2.24, 2.45) is 11.8 Å². The Kier molecular flexibility index (Phi) is 4.29. The summed E-state index contributed by atoms with van der Waals surface area (Å²) in [5.74, 6) is 0.472. The molecular formula is C19H22ClN3O. The van der Waals surface area contributed by atoms with Crippen molar-refractivity contribution in [1.82, 2.24) is 14.9 Å². The van der Waals surface area contributed by atoms with Gasteiger partial charge in [0.05, 0.1) is 5.60 Å². The molecule has 2 atom stereocenters. The molecule has 24 heavy (non-hydrogen) atoms. The lowest BCUT2D eigenvalue weighted by Gasteiger charge is -2.53. The molecule has 2 fully saturated rings. The number of rotatable bonds is 3. The molecule has 2 unspecified atom stereocenters. The average Bonchev–Trinajstić information content (AvgIpc) is 2.57. The molecule has 2 bridgehead atoms. The van der Waals surface area contributed by atoms with Gasteiger partial charge in [-0.15, -0.1) is 0 Å². The maximum Gasteiger partial charge on any atom is 0.129 e. The number of aromatic nitrogens is 2. The smallest absolute Gasteiger partial charge is 0.129 e. The number of piperidine rings is 1. The molecule has 1 aliphatic carbocycles. The number of hydrogen-bond acceptors (Lipinski definition) is 4. The highest BCUT2D eigenvalue weighted by molar-refractivity contribution is 6.29. The molecule has 126 valence electrons. The topological polar surface area (TPSA) is 49.3 Å². The molecule has 0 radical (unpaired) electrons. The molecule has 1 saturated heterocycles. The fraction of sp³-hybridized carbons (Fsp3) is 0.474. The summed E-state index contributed by atoms with van der Waals surface area (Å²) in [6, 6.07) is 7.86. The van der Waals surface area contributed by atoms with Crippen LogP contribution in [0.25, 0.3) is 0 Å². The maximum absolute atomic E-state index is 11.6. The fourth-order valence-corrected chi connectivity index (χ4v) is 4.72. The molecule has 2 aromatic rings. The van der Waals surface area contributed by atoms with Gasteiger partial charge in [-0.1, -0.05) is 24.1 Å². The van der Waals surface area contributed by atoms with E-state index >= 15 is 0 Å². The van der Waals surface area contributed by atoms with Crippen LogP contribution in [0.5, 0.6) is 0 Å². The predicted molar refractivity (Wildman–Crippen MR) is 93.5 cm³/mol. The lowest BCUT2D eigenvalue weighted by Crippen LogP contribution is -2.57. The zero-order valence-electron chi connectivity index (χ0n) is 13.6. The zero-order chi connectivity index (χ0) is 16.6. The van der Waals surface area contributed by atoms with Crippen molar-refractivity contribution in [1.29, 1.82) is 0 Å². The molecule has 4 nitrogen and oxygen atoms in total. The van der Waals surface area contributed by atoms with E-state index in [-0.39, 0.29) is 11.8 Å². The highest BCUT2D eigenvalue weighted by Crippen LogP contribution is 2.49. The molecule has 1 aliphatic heterocycles. The number of hydrogen-bond donors (Lipinski definition) is 1. The van der Waals surface area contributed by atoms with Crippen LogP contribution < -0.4 is 0 Å². The molecule has 0 aromatic carbocycles. The van der Waals surface area contributed by atoms with Crippen molar-refractivity contribution < 1.29 is 5.11 Å². The van der Waals surface area contributed by atoms with Gasteiger partial charge >= 0.3 is 0 Å². The first kappa shape index (κ1) is 16.0. The molecule has 0 amide bonds. The molecule has 5 heteroatoms. The Labute approximate surface area is 147 Å². The molecule has 0 spiro atoms. The first-order chi connectivity index (χ1) is 11.7. The summed E-state index contributed by atoms with van der Waals surface area (Å²) < 4.78 is 0. The van der Waals surface area contributed by atoms with E-state index in [0.29, 0.717) is 5.15 Å². The number of halogens is 1. The minimum Gasteiger partial charge on any atom is -0.384 e. The van der Waals surface area contributed by atoms with Crippen molar-refractivity contribution in [2.75, 3.05) is 13.1 Å². The Morgan fingerprint density at radius 2 is 2.00 bits per heavy atom. The second-order valence-corrected chi connectivity index (χ2v) is 7.46. The average molecular weight is 344 g/mol. The summed E-state index contributed by atoms with van der Waals surface area (Å²) in [5.41, 5.74) is 1.38. The molecule has 3 heterocycles. The van der Waals surface area contributed by atoms with Crippen LogP contribution in [0.3, 0.4) is 0 Å². The third-order valence-corrected chi connectivity index (χ3v) is 5.83. The van der Waals surface area contributed by atoms with Gasteiger partial charge in [-0.2, -0.15) is 0 Å². The third kappa shape index (κ3) is 2.83. The van der Waals surface area contributed by atoms with Crippen LogP contribution in [0, 0.1) is 11.8 Å². The first-order valence-electron chi connectivity index (χ1n) is 8.62. The molecule has 1 N–H and O–H groups in total. The van der Waals surface area contributed by atoms with Gasteiger partial charge < -0.3 is 5.11 Å². The van der Waals surface area contributed by atoms with Crippen molar-refractivity contribution in [3.8, 4) is 0 Å². The minimum absolute atomic E-state index is 0.236. The van der Waals surface area contributed by atoms with Gasteiger partial charge in [-0.3, -0.25) is 9.88 Å². The van der Waals surface area contributed by atoms with E-state index in [1.54, 1.807) is 12.4 Å². The van der Waals surface area contributed by atoms with Crippen molar-refractivity contribution in [2.45, 2.75) is 31.4 Å². The van der Waals surface area contributed by atoms with E-state index in [2.05, 4.69) is 20.9 Å². The quantitative estimate of drug-likeness (QED) is 0.869. The number of fused-ring (bicyclic) bond motifs is 2. The molecule has 2 aromatic heterocycles. The summed E-state index contributed by atoms with van der Waals surface area (Å²) in [5, 5.41) is 12.1. The van der Waals surface area contributed by atoms with E-state index in [4.69, 9.17) is 11.6 Å². The number of likely N-dealkylation sites (tertiary alicyclic amines) is 1. The lowest BCUT2D eigenvalue weighted by molar-refractivity contribution is -0.148. The van der Waals surface area contributed by atoms with Gasteiger partial charge in [-0.05, 0) is 42.2 Å². The highest BCUT2D eigenvalue weighted by Gasteiger charge is 2.51. The Morgan fingerprint density at radius 3 is 2.67 bits per heavy atom. The SMILES string of the molecule is OC1(c2ccnc(Cl)c2)C2CCCC1CN(Cc1cccnc1)C2. The lowest BCUT2D eigenvalue weighted by atomic mass is 9.62. The van der Waals surface area contributed by atoms with Crippen LogP contribution in [-0.4, -0.2) is 33.1 Å². The van der Waals surface area contributed by atoms with E-state index in [1.807, 2.05) is 24.4 Å². The van der Waals surface area contributed by atoms with Crippen LogP contribution in [0.4, 0.5) is 0 Å². The fourth-order valence-electron chi connectivity index (χ4n) is 4.54. The number of pyridine rings is 2. The molecule has 4 rings (SSSR count). The van der Waals surface area contributed by atoms with Gasteiger partial charge in [0.15, 0.2) is 0 Å². The Balaban J connectivity index is 1.59. The second kappa shape index (κ2) is 6.43. The summed E-state index contributed by atoms with van der Waals surface area (Å²) in [7, 11) is 0. The van der Waals surface area contributed by atoms with Gasteiger partial charge in [-0.25, -0.2) is 4.98 Å². The first-order valence-corrected chi connectivity index (χ1v) is 8.99. The standard InChI is InChI=1S/C19H22ClN3O/c20-18-9-15(6-8-22-18)19(24)16-4-1-5-17(19)13-23(12-16)11-14-3-2-7-21-10-14/h2-3,6-10,16-17,24H,1,4-5,11-13H2. The maximum atomic E-state index is 11.6. The third-order valence-electron chi connectivity index (χ3n) is 5.63. The van der Waals surface area contributed by atoms with Gasteiger partial charge in [0, 0.05) is 50.1 Å². The molecular weight excluding hydrogens is 322 g/mol. The second-order valence-electron chi connectivity index (χ2n) is 7.07. The Hall–Kier alpha value is -1.49. The Morgan fingerprint density at radius 1 is 1.21 bits per heavy atom. The van der Waals surface area contributed by atoms with E-state index in [9.17, 15) is 5.11 Å². The van der Waals surface area contributed by atoms with E-state index < -0.39 is 5.60 Å². The van der Waals surface area contributed by atoms with Gasteiger partial charge in [0.2, 0.25) is 0 Å². The van der Waals surface area contributed by atoms with Crippen molar-refractivity contribution in [3.05, 3.63) is 59.1 Å². The largest absolute Gasteiger partial charge is 0.384 e. The normalized spacial score (nSPS) is 30.2. The van der Waals surface area contributed by atoms with Crippen LogP contribution in [0.1, 0.15) is 30.4 Å².